The molecule has 0 saturated carbocycles. The van der Waals surface area contributed by atoms with E-state index in [0.29, 0.717) is 0 Å². The average molecular weight is 300 g/mol. The van der Waals surface area contributed by atoms with E-state index in [2.05, 4.69) is 24.3 Å². The van der Waals surface area contributed by atoms with Gasteiger partial charge in [0.2, 0.25) is 0 Å². The molecule has 0 atom stereocenters. The van der Waals surface area contributed by atoms with Gasteiger partial charge in [-0.3, -0.25) is 0 Å². The van der Waals surface area contributed by atoms with Crippen molar-refractivity contribution in [1.82, 2.24) is 0 Å². The molecule has 3 heteroatoms. The molecule has 76 valence electrons. The van der Waals surface area contributed by atoms with Crippen molar-refractivity contribution in [2.45, 2.75) is 6.42 Å². The largest absolute Gasteiger partial charge is 2.00 e. The molecule has 2 bridgehead atoms. The van der Waals surface area contributed by atoms with Crippen LogP contribution in [0.1, 0.15) is 6.42 Å². The first-order chi connectivity index (χ1) is 3.45. The summed E-state index contributed by atoms with van der Waals surface area (Å²) >= 11 is 0. The van der Waals surface area contributed by atoms with E-state index < -0.39 is 0 Å². The molecule has 0 amide bonds. The molecule has 0 radical (unpaired) electrons. The first-order valence-electron chi connectivity index (χ1n) is 2.82. The second kappa shape index (κ2) is 9.81. The minimum Gasteiger partial charge on any atom is -1.00 e. The fraction of sp³-hybridized carbons (Fsp3) is 0.333. The van der Waals surface area contributed by atoms with Crippen molar-refractivity contribution < 1.29 is 45.2 Å². The predicted octanol–water partition coefficient (Wildman–Crippen LogP) is -3.35. The number of fused-ring (bicyclic) bond motifs is 2. The Bertz CT molecular complexity index is 115. The van der Waals surface area contributed by atoms with E-state index in [-0.39, 0.29) is 60.1 Å². The van der Waals surface area contributed by atoms with Gasteiger partial charge in [-0.2, -0.15) is 0 Å². The zero-order valence-electron chi connectivity index (χ0n) is 7.24. The third-order valence-electron chi connectivity index (χ3n) is 1.76. The van der Waals surface area contributed by atoms with E-state index in [1.807, 2.05) is 0 Å². The normalized spacial score (nSPS) is 25.3. The number of halogens is 2. The number of rotatable bonds is 0. The van der Waals surface area contributed by atoms with Crippen LogP contribution in [0.4, 0.5) is 0 Å². The maximum Gasteiger partial charge on any atom is 2.00 e. The van der Waals surface area contributed by atoms with Crippen LogP contribution in [0.5, 0.6) is 0 Å². The maximum absolute atomic E-state index is 2.30. The molecule has 0 saturated heterocycles. The number of hydrogen-bond donors (Lipinski definition) is 0. The molecular formula is C9H14Cl2Pd-2. The summed E-state index contributed by atoms with van der Waals surface area (Å²) < 4.78 is 0. The van der Waals surface area contributed by atoms with Crippen molar-refractivity contribution in [3.8, 4) is 0 Å². The molecule has 0 spiro atoms. The molecule has 0 N–H and O–H groups in total. The average Bonchev–Trinajstić information content (AvgIpc) is 2.22. The van der Waals surface area contributed by atoms with Crippen molar-refractivity contribution in [3.63, 3.8) is 0 Å². The molecule has 0 aromatic heterocycles. The quantitative estimate of drug-likeness (QED) is 0.249. The minimum atomic E-state index is 0. The van der Waals surface area contributed by atoms with Gasteiger partial charge in [0.05, 0.1) is 0 Å². The second-order valence-electron chi connectivity index (χ2n) is 2.33. The van der Waals surface area contributed by atoms with Gasteiger partial charge in [-0.25, -0.2) is 0 Å². The molecular weight excluding hydrogens is 285 g/mol. The summed E-state index contributed by atoms with van der Waals surface area (Å²) in [5.74, 6) is 1.62. The Morgan fingerprint density at radius 3 is 1.08 bits per heavy atom. The fourth-order valence-corrected chi connectivity index (χ4v) is 1.33. The van der Waals surface area contributed by atoms with E-state index >= 15 is 0 Å². The van der Waals surface area contributed by atoms with Gasteiger partial charge in [0.15, 0.2) is 0 Å². The van der Waals surface area contributed by atoms with E-state index in [4.69, 9.17) is 0 Å². The summed E-state index contributed by atoms with van der Waals surface area (Å²) in [6.45, 7) is 0. The summed E-state index contributed by atoms with van der Waals surface area (Å²) in [7, 11) is 0. The first-order valence-corrected chi connectivity index (χ1v) is 2.82. The summed E-state index contributed by atoms with van der Waals surface area (Å²) in [5.41, 5.74) is 0. The Labute approximate surface area is 102 Å². The number of allylic oxidation sites excluding steroid dienone is 4. The van der Waals surface area contributed by atoms with Gasteiger partial charge in [0, 0.05) is 0 Å². The van der Waals surface area contributed by atoms with Crippen molar-refractivity contribution >= 4 is 0 Å². The summed E-state index contributed by atoms with van der Waals surface area (Å²) in [4.78, 5) is 0. The van der Waals surface area contributed by atoms with Gasteiger partial charge < -0.3 is 39.7 Å². The standard InChI is InChI=1S/C7H8.2CH3.2ClH.Pd/c1-2-7-4-3-6(1)5-7;;;;;/h1-4,6-7H,5H2;2*1H3;2*1H;/q;2*-1;;;+2/p-2. The molecule has 12 heavy (non-hydrogen) atoms. The zero-order chi connectivity index (χ0) is 4.69. The van der Waals surface area contributed by atoms with Crippen LogP contribution in [0.15, 0.2) is 24.3 Å². The van der Waals surface area contributed by atoms with Crippen LogP contribution in [0.3, 0.4) is 0 Å². The Morgan fingerprint density at radius 2 is 1.00 bits per heavy atom. The van der Waals surface area contributed by atoms with Crippen LogP contribution >= 0.6 is 0 Å². The van der Waals surface area contributed by atoms with Crippen LogP contribution < -0.4 is 24.8 Å². The Balaban J connectivity index is -0.0000000640. The van der Waals surface area contributed by atoms with Crippen molar-refractivity contribution in [1.29, 1.82) is 0 Å². The third kappa shape index (κ3) is 4.68. The molecule has 2 aliphatic carbocycles. The molecule has 0 aliphatic heterocycles. The Morgan fingerprint density at radius 1 is 0.750 bits per heavy atom. The third-order valence-corrected chi connectivity index (χ3v) is 1.76. The van der Waals surface area contributed by atoms with Gasteiger partial charge in [0.1, 0.15) is 0 Å². The molecule has 0 nitrogen and oxygen atoms in total. The van der Waals surface area contributed by atoms with Gasteiger partial charge in [-0.15, -0.1) is 0 Å². The molecule has 2 rings (SSSR count). The van der Waals surface area contributed by atoms with Crippen molar-refractivity contribution in [2.75, 3.05) is 0 Å². The van der Waals surface area contributed by atoms with Crippen LogP contribution in [-0.4, -0.2) is 0 Å². The van der Waals surface area contributed by atoms with E-state index in [0.717, 1.165) is 11.8 Å². The van der Waals surface area contributed by atoms with Gasteiger partial charge in [-0.1, -0.05) is 24.3 Å². The Hall–Kier alpha value is 0.722. The van der Waals surface area contributed by atoms with Crippen molar-refractivity contribution in [2.24, 2.45) is 11.8 Å². The van der Waals surface area contributed by atoms with Crippen molar-refractivity contribution in [3.05, 3.63) is 39.2 Å². The molecule has 0 fully saturated rings. The molecule has 0 heterocycles. The van der Waals surface area contributed by atoms with Crippen LogP contribution in [-0.2, 0) is 20.4 Å². The van der Waals surface area contributed by atoms with Gasteiger partial charge in [-0.05, 0) is 18.3 Å². The minimum absolute atomic E-state index is 0. The van der Waals surface area contributed by atoms with E-state index in [1.54, 1.807) is 0 Å². The fourth-order valence-electron chi connectivity index (χ4n) is 1.33. The number of hydrogen-bond acceptors (Lipinski definition) is 0. The van der Waals surface area contributed by atoms with Crippen LogP contribution in [0.2, 0.25) is 0 Å². The van der Waals surface area contributed by atoms with E-state index in [1.165, 1.54) is 6.42 Å². The summed E-state index contributed by atoms with van der Waals surface area (Å²) in [6.07, 6.45) is 10.5. The molecule has 0 unspecified atom stereocenters. The molecule has 0 aromatic carbocycles. The monoisotopic (exact) mass is 298 g/mol. The topological polar surface area (TPSA) is 0 Å². The van der Waals surface area contributed by atoms with E-state index in [9.17, 15) is 0 Å². The Kier molecular flexibility index (Phi) is 18.8. The second-order valence-corrected chi connectivity index (χ2v) is 2.33. The molecule has 0 aromatic rings. The summed E-state index contributed by atoms with van der Waals surface area (Å²) in [6, 6.07) is 0. The zero-order valence-corrected chi connectivity index (χ0v) is 10.3. The summed E-state index contributed by atoms with van der Waals surface area (Å²) in [5, 5.41) is 0. The van der Waals surface area contributed by atoms with Crippen LogP contribution in [0.25, 0.3) is 0 Å². The SMILES string of the molecule is C1=CC2C=CC1C2.[CH3-].[CH3-].[Cl-].[Cl-].[Pd+2]. The predicted molar refractivity (Wildman–Crippen MR) is 42.7 cm³/mol. The first kappa shape index (κ1) is 23.0. The van der Waals surface area contributed by atoms with Gasteiger partial charge in [0.25, 0.3) is 0 Å². The van der Waals surface area contributed by atoms with Crippen LogP contribution in [0, 0.1) is 26.7 Å². The van der Waals surface area contributed by atoms with Gasteiger partial charge >= 0.3 is 20.4 Å². The maximum atomic E-state index is 2.30. The molecule has 2 aliphatic rings. The smallest absolute Gasteiger partial charge is 1.00 e.